The number of aryl methyl sites for hydroxylation is 2. The first kappa shape index (κ1) is 12.9. The van der Waals surface area contributed by atoms with Gasteiger partial charge in [-0.15, -0.1) is 0 Å². The van der Waals surface area contributed by atoms with E-state index in [2.05, 4.69) is 15.5 Å². The minimum absolute atomic E-state index is 0.212. The largest absolute Gasteiger partial charge is 0.495 e. The lowest BCUT2D eigenvalue weighted by Crippen LogP contribution is -2.13. The fraction of sp³-hybridized carbons (Fsp3) is 0.231. The zero-order valence-electron chi connectivity index (χ0n) is 11.1. The molecule has 100 valence electrons. The zero-order chi connectivity index (χ0) is 14.0. The maximum Gasteiger partial charge on any atom is 0.259 e. The summed E-state index contributed by atoms with van der Waals surface area (Å²) in [6.45, 7) is 3.58. The number of nitrogens with two attached hydrogens (primary N) is 1. The summed E-state index contributed by atoms with van der Waals surface area (Å²) in [4.78, 5) is 12.2. The molecule has 2 rings (SSSR count). The second kappa shape index (κ2) is 5.01. The first-order chi connectivity index (χ1) is 9.02. The SMILES string of the molecule is COc1cc(NC(=O)c2c(C)n[nH]c2C)ccc1N. The van der Waals surface area contributed by atoms with Crippen LogP contribution >= 0.6 is 0 Å². The van der Waals surface area contributed by atoms with Gasteiger partial charge in [-0.05, 0) is 26.0 Å². The van der Waals surface area contributed by atoms with Crippen LogP contribution in [0.3, 0.4) is 0 Å². The maximum absolute atomic E-state index is 12.2. The molecule has 4 N–H and O–H groups in total. The number of benzene rings is 1. The van der Waals surface area contributed by atoms with Gasteiger partial charge in [-0.1, -0.05) is 0 Å². The summed E-state index contributed by atoms with van der Waals surface area (Å²) in [5.74, 6) is 0.314. The van der Waals surface area contributed by atoms with Gasteiger partial charge in [-0.3, -0.25) is 9.89 Å². The molecule has 0 radical (unpaired) electrons. The van der Waals surface area contributed by atoms with E-state index in [1.807, 2.05) is 0 Å². The van der Waals surface area contributed by atoms with E-state index in [4.69, 9.17) is 10.5 Å². The number of carbonyl (C=O) groups excluding carboxylic acids is 1. The Morgan fingerprint density at radius 3 is 2.74 bits per heavy atom. The van der Waals surface area contributed by atoms with Gasteiger partial charge in [0.05, 0.1) is 24.1 Å². The van der Waals surface area contributed by atoms with Crippen molar-refractivity contribution in [3.05, 3.63) is 35.2 Å². The summed E-state index contributed by atoms with van der Waals surface area (Å²) in [5, 5.41) is 9.57. The number of anilines is 2. The first-order valence-electron chi connectivity index (χ1n) is 5.79. The third-order valence-corrected chi connectivity index (χ3v) is 2.85. The van der Waals surface area contributed by atoms with E-state index < -0.39 is 0 Å². The number of aromatic nitrogens is 2. The molecule has 0 atom stereocenters. The Labute approximate surface area is 111 Å². The Morgan fingerprint density at radius 1 is 1.42 bits per heavy atom. The first-order valence-corrected chi connectivity index (χ1v) is 5.79. The van der Waals surface area contributed by atoms with Crippen molar-refractivity contribution >= 4 is 17.3 Å². The molecular weight excluding hydrogens is 244 g/mol. The Kier molecular flexibility index (Phi) is 3.41. The lowest BCUT2D eigenvalue weighted by atomic mass is 10.2. The van der Waals surface area contributed by atoms with Gasteiger partial charge in [-0.2, -0.15) is 5.10 Å². The molecular formula is C13H16N4O2. The molecule has 1 heterocycles. The number of ether oxygens (including phenoxy) is 1. The maximum atomic E-state index is 12.2. The highest BCUT2D eigenvalue weighted by molar-refractivity contribution is 6.06. The van der Waals surface area contributed by atoms with Crippen LogP contribution in [0.1, 0.15) is 21.7 Å². The van der Waals surface area contributed by atoms with E-state index in [0.717, 1.165) is 5.69 Å². The molecule has 0 aliphatic carbocycles. The van der Waals surface area contributed by atoms with Gasteiger partial charge in [-0.25, -0.2) is 0 Å². The Balaban J connectivity index is 2.24. The van der Waals surface area contributed by atoms with E-state index in [0.29, 0.717) is 28.4 Å². The molecule has 0 unspecified atom stereocenters. The number of methoxy groups -OCH3 is 1. The molecule has 0 bridgehead atoms. The third-order valence-electron chi connectivity index (χ3n) is 2.85. The molecule has 1 aromatic carbocycles. The summed E-state index contributed by atoms with van der Waals surface area (Å²) in [6, 6.07) is 5.09. The molecule has 0 aliphatic heterocycles. The molecule has 2 aromatic rings. The Hall–Kier alpha value is -2.50. The molecule has 1 amide bonds. The van der Waals surface area contributed by atoms with Gasteiger partial charge in [0.1, 0.15) is 5.75 Å². The van der Waals surface area contributed by atoms with Crippen LogP contribution in [0.5, 0.6) is 5.75 Å². The number of amides is 1. The Morgan fingerprint density at radius 2 is 2.16 bits per heavy atom. The summed E-state index contributed by atoms with van der Waals surface area (Å²) in [5.41, 5.74) is 8.82. The summed E-state index contributed by atoms with van der Waals surface area (Å²) < 4.78 is 5.11. The topological polar surface area (TPSA) is 93.0 Å². The van der Waals surface area contributed by atoms with Crippen LogP contribution in [0, 0.1) is 13.8 Å². The van der Waals surface area contributed by atoms with E-state index in [-0.39, 0.29) is 5.91 Å². The van der Waals surface area contributed by atoms with Crippen molar-refractivity contribution in [1.29, 1.82) is 0 Å². The highest BCUT2D eigenvalue weighted by Gasteiger charge is 2.15. The molecule has 1 aromatic heterocycles. The van der Waals surface area contributed by atoms with Crippen molar-refractivity contribution in [1.82, 2.24) is 10.2 Å². The summed E-state index contributed by atoms with van der Waals surface area (Å²) in [6.07, 6.45) is 0. The molecule has 0 saturated heterocycles. The molecule has 0 saturated carbocycles. The van der Waals surface area contributed by atoms with Crippen molar-refractivity contribution < 1.29 is 9.53 Å². The predicted octanol–water partition coefficient (Wildman–Crippen LogP) is 1.87. The summed E-state index contributed by atoms with van der Waals surface area (Å²) >= 11 is 0. The van der Waals surface area contributed by atoms with Crippen molar-refractivity contribution in [2.45, 2.75) is 13.8 Å². The number of hydrogen-bond acceptors (Lipinski definition) is 4. The van der Waals surface area contributed by atoms with Crippen LogP contribution in [0.4, 0.5) is 11.4 Å². The molecule has 0 spiro atoms. The average molecular weight is 260 g/mol. The van der Waals surface area contributed by atoms with Gasteiger partial charge >= 0.3 is 0 Å². The van der Waals surface area contributed by atoms with Gasteiger partial charge in [0, 0.05) is 17.4 Å². The quantitative estimate of drug-likeness (QED) is 0.734. The molecule has 6 nitrogen and oxygen atoms in total. The average Bonchev–Trinajstić information content (AvgIpc) is 2.71. The van der Waals surface area contributed by atoms with Gasteiger partial charge in [0.15, 0.2) is 0 Å². The standard InChI is InChI=1S/C13H16N4O2/c1-7-12(8(2)17-16-7)13(18)15-9-4-5-10(14)11(6-9)19-3/h4-6H,14H2,1-3H3,(H,15,18)(H,16,17). The van der Waals surface area contributed by atoms with Crippen LogP contribution in [0.2, 0.25) is 0 Å². The molecule has 19 heavy (non-hydrogen) atoms. The number of rotatable bonds is 3. The number of nitrogens with zero attached hydrogens (tertiary/aromatic N) is 1. The van der Waals surface area contributed by atoms with Crippen molar-refractivity contribution in [3.8, 4) is 5.75 Å². The molecule has 0 fully saturated rings. The van der Waals surface area contributed by atoms with E-state index >= 15 is 0 Å². The van der Waals surface area contributed by atoms with Crippen molar-refractivity contribution in [2.24, 2.45) is 0 Å². The summed E-state index contributed by atoms with van der Waals surface area (Å²) in [7, 11) is 1.53. The number of nitrogens with one attached hydrogen (secondary N) is 2. The van der Waals surface area contributed by atoms with Crippen LogP contribution in [-0.2, 0) is 0 Å². The van der Waals surface area contributed by atoms with Crippen LogP contribution in [0.25, 0.3) is 0 Å². The number of hydrogen-bond donors (Lipinski definition) is 3. The fourth-order valence-corrected chi connectivity index (χ4v) is 1.87. The van der Waals surface area contributed by atoms with Crippen LogP contribution in [-0.4, -0.2) is 23.2 Å². The second-order valence-corrected chi connectivity index (χ2v) is 4.22. The lowest BCUT2D eigenvalue weighted by Gasteiger charge is -2.09. The number of carbonyl (C=O) groups is 1. The van der Waals surface area contributed by atoms with E-state index in [9.17, 15) is 4.79 Å². The number of H-pyrrole nitrogens is 1. The van der Waals surface area contributed by atoms with Gasteiger partial charge in [0.25, 0.3) is 5.91 Å². The number of aromatic amines is 1. The highest BCUT2D eigenvalue weighted by atomic mass is 16.5. The minimum atomic E-state index is -0.212. The van der Waals surface area contributed by atoms with E-state index in [1.165, 1.54) is 7.11 Å². The van der Waals surface area contributed by atoms with Crippen molar-refractivity contribution in [2.75, 3.05) is 18.2 Å². The third kappa shape index (κ3) is 2.52. The second-order valence-electron chi connectivity index (χ2n) is 4.22. The van der Waals surface area contributed by atoms with Crippen LogP contribution in [0.15, 0.2) is 18.2 Å². The normalized spacial score (nSPS) is 10.3. The monoisotopic (exact) mass is 260 g/mol. The number of nitrogen functional groups attached to an aromatic ring is 1. The zero-order valence-corrected chi connectivity index (χ0v) is 11.1. The van der Waals surface area contributed by atoms with Crippen molar-refractivity contribution in [3.63, 3.8) is 0 Å². The minimum Gasteiger partial charge on any atom is -0.495 e. The van der Waals surface area contributed by atoms with E-state index in [1.54, 1.807) is 32.0 Å². The highest BCUT2D eigenvalue weighted by Crippen LogP contribution is 2.25. The fourth-order valence-electron chi connectivity index (χ4n) is 1.87. The van der Waals surface area contributed by atoms with Gasteiger partial charge < -0.3 is 15.8 Å². The predicted molar refractivity (Wildman–Crippen MR) is 73.4 cm³/mol. The van der Waals surface area contributed by atoms with Gasteiger partial charge in [0.2, 0.25) is 0 Å². The Bertz CT molecular complexity index is 600. The van der Waals surface area contributed by atoms with Crippen LogP contribution < -0.4 is 15.8 Å². The lowest BCUT2D eigenvalue weighted by molar-refractivity contribution is 0.102. The smallest absolute Gasteiger partial charge is 0.259 e. The molecule has 0 aliphatic rings. The molecule has 6 heteroatoms.